The van der Waals surface area contributed by atoms with Gasteiger partial charge in [-0.15, -0.1) is 11.3 Å². The molecule has 3 heteroatoms. The summed E-state index contributed by atoms with van der Waals surface area (Å²) in [6.45, 7) is 5.17. The summed E-state index contributed by atoms with van der Waals surface area (Å²) in [6.07, 6.45) is 3.93. The Morgan fingerprint density at radius 1 is 1.21 bits per heavy atom. The van der Waals surface area contributed by atoms with Crippen LogP contribution in [-0.2, 0) is 6.54 Å². The average Bonchev–Trinajstić information content (AvgIpc) is 3.03. The first-order valence-electron chi connectivity index (χ1n) is 6.35. The molecule has 0 unspecified atom stereocenters. The van der Waals surface area contributed by atoms with E-state index in [9.17, 15) is 0 Å². The number of benzene rings is 1. The van der Waals surface area contributed by atoms with Gasteiger partial charge in [0.05, 0.1) is 4.88 Å². The second kappa shape index (κ2) is 5.02. The van der Waals surface area contributed by atoms with Crippen molar-refractivity contribution < 1.29 is 0 Å². The fraction of sp³-hybridized carbons (Fsp3) is 0.188. The van der Waals surface area contributed by atoms with E-state index < -0.39 is 0 Å². The lowest BCUT2D eigenvalue weighted by molar-refractivity contribution is 0.802. The zero-order valence-corrected chi connectivity index (χ0v) is 11.9. The molecular formula is C16H16N2S. The van der Waals surface area contributed by atoms with Gasteiger partial charge in [0.25, 0.3) is 0 Å². The first-order valence-corrected chi connectivity index (χ1v) is 7.23. The molecule has 0 radical (unpaired) electrons. The Kier molecular flexibility index (Phi) is 3.22. The van der Waals surface area contributed by atoms with Crippen molar-refractivity contribution in [3.63, 3.8) is 0 Å². The first kappa shape index (κ1) is 12.2. The third-order valence-electron chi connectivity index (χ3n) is 3.30. The van der Waals surface area contributed by atoms with E-state index in [1.54, 1.807) is 11.3 Å². The average molecular weight is 268 g/mol. The molecule has 1 aromatic carbocycles. The molecule has 0 N–H and O–H groups in total. The van der Waals surface area contributed by atoms with Crippen LogP contribution in [0.25, 0.3) is 10.7 Å². The Bertz CT molecular complexity index is 681. The van der Waals surface area contributed by atoms with E-state index >= 15 is 0 Å². The Hall–Kier alpha value is -1.87. The second-order valence-corrected chi connectivity index (χ2v) is 5.73. The van der Waals surface area contributed by atoms with Gasteiger partial charge >= 0.3 is 0 Å². The molecule has 0 bridgehead atoms. The number of thiophene rings is 1. The third kappa shape index (κ3) is 2.47. The smallest absolute Gasteiger partial charge is 0.150 e. The lowest BCUT2D eigenvalue weighted by Gasteiger charge is -2.10. The van der Waals surface area contributed by atoms with Crippen molar-refractivity contribution >= 4 is 11.3 Å². The summed E-state index contributed by atoms with van der Waals surface area (Å²) in [5.41, 5.74) is 3.99. The Labute approximate surface area is 117 Å². The van der Waals surface area contributed by atoms with E-state index in [1.165, 1.54) is 21.6 Å². The fourth-order valence-electron chi connectivity index (χ4n) is 2.22. The van der Waals surface area contributed by atoms with Crippen LogP contribution in [0.3, 0.4) is 0 Å². The topological polar surface area (TPSA) is 17.8 Å². The van der Waals surface area contributed by atoms with Crippen LogP contribution in [0.5, 0.6) is 0 Å². The molecule has 0 aliphatic rings. The van der Waals surface area contributed by atoms with Crippen molar-refractivity contribution in [3.05, 3.63) is 64.8 Å². The summed E-state index contributed by atoms with van der Waals surface area (Å²) in [5, 5.41) is 2.09. The van der Waals surface area contributed by atoms with Crippen molar-refractivity contribution in [2.24, 2.45) is 0 Å². The van der Waals surface area contributed by atoms with E-state index in [0.29, 0.717) is 0 Å². The highest BCUT2D eigenvalue weighted by atomic mass is 32.1. The normalized spacial score (nSPS) is 10.8. The molecule has 3 rings (SSSR count). The van der Waals surface area contributed by atoms with Crippen LogP contribution in [-0.4, -0.2) is 9.55 Å². The van der Waals surface area contributed by atoms with Crippen LogP contribution in [0.1, 0.15) is 16.7 Å². The zero-order valence-electron chi connectivity index (χ0n) is 11.1. The first-order chi connectivity index (χ1) is 9.24. The summed E-state index contributed by atoms with van der Waals surface area (Å²) in [7, 11) is 0. The summed E-state index contributed by atoms with van der Waals surface area (Å²) in [6, 6.07) is 10.8. The molecule has 0 spiro atoms. The maximum atomic E-state index is 4.48. The molecule has 0 aliphatic carbocycles. The highest BCUT2D eigenvalue weighted by Gasteiger charge is 2.08. The van der Waals surface area contributed by atoms with Crippen molar-refractivity contribution in [2.45, 2.75) is 20.4 Å². The molecule has 0 aliphatic heterocycles. The highest BCUT2D eigenvalue weighted by Crippen LogP contribution is 2.24. The van der Waals surface area contributed by atoms with Crippen LogP contribution in [0, 0.1) is 13.8 Å². The summed E-state index contributed by atoms with van der Waals surface area (Å²) in [4.78, 5) is 5.70. The number of hydrogen-bond donors (Lipinski definition) is 0. The lowest BCUT2D eigenvalue weighted by Crippen LogP contribution is -2.02. The largest absolute Gasteiger partial charge is 0.326 e. The maximum Gasteiger partial charge on any atom is 0.150 e. The highest BCUT2D eigenvalue weighted by molar-refractivity contribution is 7.13. The van der Waals surface area contributed by atoms with Gasteiger partial charge in [-0.3, -0.25) is 0 Å². The van der Waals surface area contributed by atoms with Gasteiger partial charge < -0.3 is 4.57 Å². The van der Waals surface area contributed by atoms with Crippen molar-refractivity contribution in [2.75, 3.05) is 0 Å². The van der Waals surface area contributed by atoms with Crippen molar-refractivity contribution in [3.8, 4) is 10.7 Å². The predicted molar refractivity (Wildman–Crippen MR) is 80.6 cm³/mol. The van der Waals surface area contributed by atoms with Crippen LogP contribution in [0.4, 0.5) is 0 Å². The molecule has 0 fully saturated rings. The molecule has 19 heavy (non-hydrogen) atoms. The predicted octanol–water partition coefficient (Wildman–Crippen LogP) is 4.28. The minimum atomic E-state index is 0.876. The minimum Gasteiger partial charge on any atom is -0.326 e. The van der Waals surface area contributed by atoms with E-state index in [4.69, 9.17) is 0 Å². The van der Waals surface area contributed by atoms with Gasteiger partial charge in [-0.05, 0) is 36.4 Å². The van der Waals surface area contributed by atoms with Gasteiger partial charge in [0.1, 0.15) is 5.82 Å². The van der Waals surface area contributed by atoms with Crippen LogP contribution in [0.15, 0.2) is 48.1 Å². The Morgan fingerprint density at radius 2 is 2.11 bits per heavy atom. The zero-order chi connectivity index (χ0) is 13.2. The molecule has 3 aromatic rings. The number of nitrogens with zero attached hydrogens (tertiary/aromatic N) is 2. The standard InChI is InChI=1S/C16H16N2S/c1-12-5-6-13(2)14(10-12)11-18-8-7-17-16(18)15-4-3-9-19-15/h3-10H,11H2,1-2H3. The maximum absolute atomic E-state index is 4.48. The van der Waals surface area contributed by atoms with Gasteiger partial charge in [0.15, 0.2) is 0 Å². The Morgan fingerprint density at radius 3 is 2.89 bits per heavy atom. The fourth-order valence-corrected chi connectivity index (χ4v) is 2.96. The van der Waals surface area contributed by atoms with Crippen molar-refractivity contribution in [1.82, 2.24) is 9.55 Å². The van der Waals surface area contributed by atoms with Crippen LogP contribution < -0.4 is 0 Å². The molecular weight excluding hydrogens is 252 g/mol. The van der Waals surface area contributed by atoms with E-state index in [0.717, 1.165) is 12.4 Å². The van der Waals surface area contributed by atoms with Gasteiger partial charge in [-0.2, -0.15) is 0 Å². The van der Waals surface area contributed by atoms with E-state index in [1.807, 2.05) is 6.20 Å². The third-order valence-corrected chi connectivity index (χ3v) is 4.17. The summed E-state index contributed by atoms with van der Waals surface area (Å²) in [5.74, 6) is 1.05. The number of hydrogen-bond acceptors (Lipinski definition) is 2. The molecule has 0 saturated heterocycles. The van der Waals surface area contributed by atoms with Crippen molar-refractivity contribution in [1.29, 1.82) is 0 Å². The molecule has 2 nitrogen and oxygen atoms in total. The lowest BCUT2D eigenvalue weighted by atomic mass is 10.1. The minimum absolute atomic E-state index is 0.876. The number of aromatic nitrogens is 2. The van der Waals surface area contributed by atoms with E-state index in [-0.39, 0.29) is 0 Å². The monoisotopic (exact) mass is 268 g/mol. The number of aryl methyl sites for hydroxylation is 2. The SMILES string of the molecule is Cc1ccc(C)c(Cn2ccnc2-c2cccs2)c1. The molecule has 2 aromatic heterocycles. The van der Waals surface area contributed by atoms with Gasteiger partial charge in [-0.25, -0.2) is 4.98 Å². The van der Waals surface area contributed by atoms with Crippen LogP contribution in [0.2, 0.25) is 0 Å². The summed E-state index contributed by atoms with van der Waals surface area (Å²) < 4.78 is 2.22. The molecule has 0 amide bonds. The molecule has 2 heterocycles. The van der Waals surface area contributed by atoms with E-state index in [2.05, 4.69) is 65.3 Å². The Balaban J connectivity index is 1.96. The van der Waals surface area contributed by atoms with Crippen LogP contribution >= 0.6 is 11.3 Å². The number of rotatable bonds is 3. The quantitative estimate of drug-likeness (QED) is 0.693. The van der Waals surface area contributed by atoms with Gasteiger partial charge in [0, 0.05) is 18.9 Å². The van der Waals surface area contributed by atoms with Gasteiger partial charge in [0.2, 0.25) is 0 Å². The second-order valence-electron chi connectivity index (χ2n) is 4.79. The molecule has 0 atom stereocenters. The molecule has 96 valence electrons. The van der Waals surface area contributed by atoms with Gasteiger partial charge in [-0.1, -0.05) is 29.8 Å². The molecule has 0 saturated carbocycles. The number of imidazole rings is 1. The summed E-state index contributed by atoms with van der Waals surface area (Å²) >= 11 is 1.73.